The highest BCUT2D eigenvalue weighted by Gasteiger charge is 2.57. The van der Waals surface area contributed by atoms with Gasteiger partial charge in [0.2, 0.25) is 0 Å². The van der Waals surface area contributed by atoms with Gasteiger partial charge in [-0.25, -0.2) is 0 Å². The minimum atomic E-state index is -5.38. The quantitative estimate of drug-likeness (QED) is 0.601. The van der Waals surface area contributed by atoms with Crippen LogP contribution >= 0.6 is 0 Å². The number of benzene rings is 1. The summed E-state index contributed by atoms with van der Waals surface area (Å²) < 4.78 is 74.6. The van der Waals surface area contributed by atoms with E-state index in [0.29, 0.717) is 0 Å². The molecule has 0 fully saturated rings. The monoisotopic (exact) mass is 257 g/mol. The lowest BCUT2D eigenvalue weighted by molar-refractivity contribution is -0.253. The second-order valence-electron chi connectivity index (χ2n) is 3.63. The number of rotatable bonds is 1. The number of halogens is 6. The van der Waals surface area contributed by atoms with Crippen molar-refractivity contribution in [3.63, 3.8) is 0 Å². The Labute approximate surface area is 93.2 Å². The normalized spacial score (nSPS) is 13.2. The lowest BCUT2D eigenvalue weighted by Gasteiger charge is -2.24. The van der Waals surface area contributed by atoms with Crippen molar-refractivity contribution in [3.8, 4) is 0 Å². The second-order valence-corrected chi connectivity index (χ2v) is 3.63. The molecule has 2 N–H and O–H groups in total. The average Bonchev–Trinajstić information content (AvgIpc) is 2.04. The molecular formula is C10H9F6N. The molecule has 0 bridgehead atoms. The lowest BCUT2D eigenvalue weighted by Crippen LogP contribution is -2.34. The molecule has 0 unspecified atom stereocenters. The molecule has 96 valence electrons. The van der Waals surface area contributed by atoms with Gasteiger partial charge in [-0.3, -0.25) is 0 Å². The van der Waals surface area contributed by atoms with Crippen LogP contribution in [0.3, 0.4) is 0 Å². The van der Waals surface area contributed by atoms with Crippen LogP contribution in [0.15, 0.2) is 18.2 Å². The van der Waals surface area contributed by atoms with Crippen molar-refractivity contribution in [1.29, 1.82) is 0 Å². The summed E-state index contributed by atoms with van der Waals surface area (Å²) in [6.07, 6.45) is -10.8. The maximum Gasteiger partial charge on any atom is 0.404 e. The van der Waals surface area contributed by atoms with E-state index in [4.69, 9.17) is 5.73 Å². The van der Waals surface area contributed by atoms with Crippen LogP contribution in [0.5, 0.6) is 0 Å². The first-order chi connectivity index (χ1) is 7.53. The van der Waals surface area contributed by atoms with E-state index in [9.17, 15) is 26.3 Å². The Morgan fingerprint density at radius 2 is 1.47 bits per heavy atom. The molecule has 17 heavy (non-hydrogen) atoms. The van der Waals surface area contributed by atoms with E-state index < -0.39 is 23.8 Å². The minimum Gasteiger partial charge on any atom is -0.399 e. The first-order valence-electron chi connectivity index (χ1n) is 4.53. The molecule has 1 nitrogen and oxygen atoms in total. The third-order valence-corrected chi connectivity index (χ3v) is 2.26. The van der Waals surface area contributed by atoms with Crippen LogP contribution in [-0.4, -0.2) is 12.4 Å². The van der Waals surface area contributed by atoms with Gasteiger partial charge in [0.05, 0.1) is 0 Å². The van der Waals surface area contributed by atoms with Gasteiger partial charge in [-0.15, -0.1) is 0 Å². The SMILES string of the molecule is Cc1cc(N)ccc1C(C(F)(F)F)C(F)(F)F. The smallest absolute Gasteiger partial charge is 0.399 e. The number of hydrogen-bond donors (Lipinski definition) is 1. The number of nitrogen functional groups attached to an aromatic ring is 1. The molecule has 1 rings (SSSR count). The van der Waals surface area contributed by atoms with Gasteiger partial charge in [-0.05, 0) is 30.2 Å². The summed E-state index contributed by atoms with van der Waals surface area (Å²) in [6, 6.07) is 2.86. The number of hydrogen-bond acceptors (Lipinski definition) is 1. The summed E-state index contributed by atoms with van der Waals surface area (Å²) in [5.74, 6) is -3.48. The highest BCUT2D eigenvalue weighted by molar-refractivity contribution is 5.46. The van der Waals surface area contributed by atoms with Crippen LogP contribution in [0.25, 0.3) is 0 Å². The van der Waals surface area contributed by atoms with Gasteiger partial charge in [-0.1, -0.05) is 6.07 Å². The van der Waals surface area contributed by atoms with Crippen molar-refractivity contribution >= 4 is 5.69 Å². The van der Waals surface area contributed by atoms with Crippen molar-refractivity contribution in [2.24, 2.45) is 0 Å². The topological polar surface area (TPSA) is 26.0 Å². The molecule has 0 aliphatic heterocycles. The Balaban J connectivity index is 3.34. The predicted molar refractivity (Wildman–Crippen MR) is 50.4 cm³/mol. The maximum atomic E-state index is 12.4. The van der Waals surface area contributed by atoms with Crippen molar-refractivity contribution in [3.05, 3.63) is 29.3 Å². The predicted octanol–water partition coefficient (Wildman–Crippen LogP) is 3.79. The Morgan fingerprint density at radius 3 is 1.82 bits per heavy atom. The fraction of sp³-hybridized carbons (Fsp3) is 0.400. The zero-order chi connectivity index (χ0) is 13.4. The summed E-state index contributed by atoms with van der Waals surface area (Å²) in [4.78, 5) is 0. The second kappa shape index (κ2) is 4.12. The molecule has 0 amide bonds. The number of aryl methyl sites for hydroxylation is 1. The molecule has 7 heteroatoms. The lowest BCUT2D eigenvalue weighted by atomic mass is 9.93. The van der Waals surface area contributed by atoms with Crippen LogP contribution in [0.2, 0.25) is 0 Å². The van der Waals surface area contributed by atoms with Crippen molar-refractivity contribution in [2.75, 3.05) is 5.73 Å². The first-order valence-corrected chi connectivity index (χ1v) is 4.53. The molecule has 0 aliphatic carbocycles. The third-order valence-electron chi connectivity index (χ3n) is 2.26. The summed E-state index contributed by atoms with van der Waals surface area (Å²) >= 11 is 0. The largest absolute Gasteiger partial charge is 0.404 e. The first kappa shape index (κ1) is 13.7. The molecule has 0 saturated heterocycles. The van der Waals surface area contributed by atoms with Crippen molar-refractivity contribution in [2.45, 2.75) is 25.2 Å². The van der Waals surface area contributed by atoms with E-state index in [1.54, 1.807) is 0 Å². The zero-order valence-corrected chi connectivity index (χ0v) is 8.65. The van der Waals surface area contributed by atoms with E-state index in [0.717, 1.165) is 25.1 Å². The van der Waals surface area contributed by atoms with E-state index in [1.807, 2.05) is 0 Å². The maximum absolute atomic E-state index is 12.4. The van der Waals surface area contributed by atoms with Gasteiger partial charge >= 0.3 is 12.4 Å². The molecule has 0 aromatic heterocycles. The van der Waals surface area contributed by atoms with Gasteiger partial charge in [0.15, 0.2) is 5.92 Å². The summed E-state index contributed by atoms with van der Waals surface area (Å²) in [7, 11) is 0. The summed E-state index contributed by atoms with van der Waals surface area (Å²) in [5, 5.41) is 0. The highest BCUT2D eigenvalue weighted by Crippen LogP contribution is 2.47. The third kappa shape index (κ3) is 3.04. The molecule has 0 saturated carbocycles. The van der Waals surface area contributed by atoms with Crippen molar-refractivity contribution in [1.82, 2.24) is 0 Å². The van der Waals surface area contributed by atoms with Crippen LogP contribution in [0, 0.1) is 6.92 Å². The Morgan fingerprint density at radius 1 is 1.00 bits per heavy atom. The molecular weight excluding hydrogens is 248 g/mol. The minimum absolute atomic E-state index is 0.120. The van der Waals surface area contributed by atoms with E-state index in [-0.39, 0.29) is 11.3 Å². The number of nitrogens with two attached hydrogens (primary N) is 1. The van der Waals surface area contributed by atoms with Gasteiger partial charge < -0.3 is 5.73 Å². The van der Waals surface area contributed by atoms with E-state index in [2.05, 4.69) is 0 Å². The van der Waals surface area contributed by atoms with E-state index in [1.165, 1.54) is 0 Å². The van der Waals surface area contributed by atoms with Gasteiger partial charge in [0.25, 0.3) is 0 Å². The van der Waals surface area contributed by atoms with Crippen LogP contribution in [0.4, 0.5) is 32.0 Å². The molecule has 0 heterocycles. The van der Waals surface area contributed by atoms with Gasteiger partial charge in [-0.2, -0.15) is 26.3 Å². The fourth-order valence-corrected chi connectivity index (χ4v) is 1.56. The standard InChI is InChI=1S/C10H9F6N/c1-5-4-6(17)2-3-7(5)8(9(11,12)13)10(14,15)16/h2-4,8H,17H2,1H3. The Hall–Kier alpha value is -1.40. The molecule has 1 aromatic rings. The van der Waals surface area contributed by atoms with Gasteiger partial charge in [0.1, 0.15) is 0 Å². The average molecular weight is 257 g/mol. The van der Waals surface area contributed by atoms with E-state index >= 15 is 0 Å². The van der Waals surface area contributed by atoms with Crippen molar-refractivity contribution < 1.29 is 26.3 Å². The van der Waals surface area contributed by atoms with Crippen LogP contribution in [-0.2, 0) is 0 Å². The molecule has 0 spiro atoms. The Bertz CT molecular complexity index is 392. The van der Waals surface area contributed by atoms with Crippen LogP contribution in [0.1, 0.15) is 17.0 Å². The summed E-state index contributed by atoms with van der Waals surface area (Å²) in [5.41, 5.74) is 4.45. The molecule has 0 radical (unpaired) electrons. The Kier molecular flexibility index (Phi) is 3.31. The molecule has 1 aromatic carbocycles. The molecule has 0 atom stereocenters. The zero-order valence-electron chi connectivity index (χ0n) is 8.65. The van der Waals surface area contributed by atoms with Crippen LogP contribution < -0.4 is 5.73 Å². The highest BCUT2D eigenvalue weighted by atomic mass is 19.4. The molecule has 0 aliphatic rings. The number of anilines is 1. The van der Waals surface area contributed by atoms with Gasteiger partial charge in [0, 0.05) is 5.69 Å². The number of alkyl halides is 6. The summed E-state index contributed by atoms with van der Waals surface area (Å²) in [6.45, 7) is 1.16. The fourth-order valence-electron chi connectivity index (χ4n) is 1.56.